The summed E-state index contributed by atoms with van der Waals surface area (Å²) in [5.41, 5.74) is 0.482. The molecule has 114 valence electrons. The Morgan fingerprint density at radius 3 is 2.45 bits per heavy atom. The Morgan fingerprint density at radius 2 is 1.95 bits per heavy atom. The minimum absolute atomic E-state index is 0.241. The van der Waals surface area contributed by atoms with Crippen molar-refractivity contribution in [1.82, 2.24) is 4.90 Å². The van der Waals surface area contributed by atoms with Gasteiger partial charge in [-0.2, -0.15) is 0 Å². The average Bonchev–Trinajstić information content (AvgIpc) is 2.35. The summed E-state index contributed by atoms with van der Waals surface area (Å²) in [6.07, 6.45) is 0.343. The van der Waals surface area contributed by atoms with Crippen LogP contribution in [0.5, 0.6) is 0 Å². The number of likely N-dealkylation sites (N-methyl/N-ethyl adjacent to an activating group) is 1. The van der Waals surface area contributed by atoms with Crippen molar-refractivity contribution in [2.75, 3.05) is 19.8 Å². The number of halogens is 1. The molecule has 0 unspecified atom stereocenters. The van der Waals surface area contributed by atoms with E-state index in [9.17, 15) is 17.9 Å². The molecule has 0 fully saturated rings. The van der Waals surface area contributed by atoms with Crippen LogP contribution in [0.1, 0.15) is 25.5 Å². The molecule has 1 N–H and O–H groups in total. The van der Waals surface area contributed by atoms with Gasteiger partial charge in [0.05, 0.1) is 11.4 Å². The molecule has 6 heteroatoms. The summed E-state index contributed by atoms with van der Waals surface area (Å²) in [4.78, 5) is 1.77. The highest BCUT2D eigenvalue weighted by Crippen LogP contribution is 2.18. The van der Waals surface area contributed by atoms with Crippen LogP contribution in [0.4, 0.5) is 4.39 Å². The van der Waals surface area contributed by atoms with Crippen molar-refractivity contribution in [1.29, 1.82) is 0 Å². The zero-order valence-electron chi connectivity index (χ0n) is 12.2. The molecule has 0 heterocycles. The van der Waals surface area contributed by atoms with Crippen LogP contribution in [-0.4, -0.2) is 49.6 Å². The lowest BCUT2D eigenvalue weighted by Crippen LogP contribution is -2.43. The number of hydrogen-bond donors (Lipinski definition) is 1. The predicted octanol–water partition coefficient (Wildman–Crippen LogP) is 1.61. The van der Waals surface area contributed by atoms with E-state index in [1.54, 1.807) is 31.9 Å². The molecule has 0 saturated carbocycles. The molecule has 0 spiro atoms. The Hall–Kier alpha value is -0.980. The van der Waals surface area contributed by atoms with E-state index in [0.29, 0.717) is 5.56 Å². The number of aliphatic hydroxyl groups excluding tert-OH is 1. The third-order valence-corrected chi connectivity index (χ3v) is 5.49. The largest absolute Gasteiger partial charge is 0.387 e. The molecule has 0 saturated heterocycles. The van der Waals surface area contributed by atoms with E-state index in [4.69, 9.17) is 0 Å². The van der Waals surface area contributed by atoms with Crippen LogP contribution in [0.2, 0.25) is 0 Å². The summed E-state index contributed by atoms with van der Waals surface area (Å²) in [5.74, 6) is -0.401. The van der Waals surface area contributed by atoms with E-state index in [1.165, 1.54) is 24.5 Å². The summed E-state index contributed by atoms with van der Waals surface area (Å²) in [6, 6.07) is 5.54. The maximum Gasteiger partial charge on any atom is 0.151 e. The quantitative estimate of drug-likeness (QED) is 0.867. The lowest BCUT2D eigenvalue weighted by Gasteiger charge is -2.30. The predicted molar refractivity (Wildman–Crippen MR) is 77.8 cm³/mol. The highest BCUT2D eigenvalue weighted by molar-refractivity contribution is 7.91. The van der Waals surface area contributed by atoms with Gasteiger partial charge in [-0.15, -0.1) is 0 Å². The minimum atomic E-state index is -3.14. The molecule has 0 bridgehead atoms. The van der Waals surface area contributed by atoms with Crippen molar-refractivity contribution in [2.24, 2.45) is 0 Å². The fraction of sp³-hybridized carbons (Fsp3) is 0.571. The number of aliphatic hydroxyl groups is 1. The fourth-order valence-electron chi connectivity index (χ4n) is 1.97. The number of hydrogen-bond acceptors (Lipinski definition) is 4. The van der Waals surface area contributed by atoms with Crippen molar-refractivity contribution in [2.45, 2.75) is 31.2 Å². The molecule has 20 heavy (non-hydrogen) atoms. The van der Waals surface area contributed by atoms with Gasteiger partial charge in [0.25, 0.3) is 0 Å². The standard InChI is InChI=1S/C14H22FNO3S/c1-10(11(2)20(4,18)19)16(3)9-14(17)12-6-5-7-13(15)8-12/h5-8,10-11,14,17H,9H2,1-4H3/t10-,11+,14-/m1/s1. The maximum absolute atomic E-state index is 13.1. The third kappa shape index (κ3) is 4.54. The van der Waals surface area contributed by atoms with Gasteiger partial charge in [-0.05, 0) is 38.6 Å². The monoisotopic (exact) mass is 303 g/mol. The first-order chi connectivity index (χ1) is 9.12. The first-order valence-electron chi connectivity index (χ1n) is 6.45. The number of benzene rings is 1. The molecule has 0 aliphatic heterocycles. The lowest BCUT2D eigenvalue weighted by atomic mass is 10.1. The minimum Gasteiger partial charge on any atom is -0.387 e. The Balaban J connectivity index is 2.73. The van der Waals surface area contributed by atoms with Crippen molar-refractivity contribution >= 4 is 9.84 Å². The van der Waals surface area contributed by atoms with Gasteiger partial charge in [0, 0.05) is 18.8 Å². The topological polar surface area (TPSA) is 57.6 Å². The van der Waals surface area contributed by atoms with Gasteiger partial charge in [0.1, 0.15) is 5.82 Å². The zero-order valence-corrected chi connectivity index (χ0v) is 13.1. The number of nitrogens with zero attached hydrogens (tertiary/aromatic N) is 1. The molecule has 0 radical (unpaired) electrons. The van der Waals surface area contributed by atoms with Crippen molar-refractivity contribution < 1.29 is 17.9 Å². The molecule has 0 aliphatic carbocycles. The normalized spacial score (nSPS) is 16.9. The lowest BCUT2D eigenvalue weighted by molar-refractivity contribution is 0.108. The Morgan fingerprint density at radius 1 is 1.35 bits per heavy atom. The zero-order chi connectivity index (χ0) is 15.5. The summed E-state index contributed by atoms with van der Waals surface area (Å²) in [7, 11) is -1.39. The van der Waals surface area contributed by atoms with Gasteiger partial charge in [-0.3, -0.25) is 4.90 Å². The molecule has 3 atom stereocenters. The average molecular weight is 303 g/mol. The molecule has 0 aromatic heterocycles. The van der Waals surface area contributed by atoms with Crippen LogP contribution in [0.15, 0.2) is 24.3 Å². The first kappa shape index (κ1) is 17.1. The smallest absolute Gasteiger partial charge is 0.151 e. The van der Waals surface area contributed by atoms with Crippen LogP contribution in [0.25, 0.3) is 0 Å². The van der Waals surface area contributed by atoms with Gasteiger partial charge < -0.3 is 5.11 Å². The highest BCUT2D eigenvalue weighted by atomic mass is 32.2. The van der Waals surface area contributed by atoms with Crippen molar-refractivity contribution in [3.8, 4) is 0 Å². The van der Waals surface area contributed by atoms with Gasteiger partial charge in [-0.1, -0.05) is 12.1 Å². The molecule has 0 aliphatic rings. The second-order valence-electron chi connectivity index (χ2n) is 5.29. The summed E-state index contributed by atoms with van der Waals surface area (Å²) >= 11 is 0. The van der Waals surface area contributed by atoms with E-state index < -0.39 is 27.0 Å². The molecule has 1 rings (SSSR count). The van der Waals surface area contributed by atoms with E-state index >= 15 is 0 Å². The van der Waals surface area contributed by atoms with E-state index in [1.807, 2.05) is 0 Å². The Kier molecular flexibility index (Phi) is 5.68. The molecule has 1 aromatic carbocycles. The van der Waals surface area contributed by atoms with Crippen LogP contribution in [-0.2, 0) is 9.84 Å². The van der Waals surface area contributed by atoms with Crippen LogP contribution in [0, 0.1) is 5.82 Å². The van der Waals surface area contributed by atoms with Crippen LogP contribution in [0.3, 0.4) is 0 Å². The third-order valence-electron chi connectivity index (χ3n) is 3.74. The fourth-order valence-corrected chi connectivity index (χ4v) is 2.90. The molecular formula is C14H22FNO3S. The first-order valence-corrected chi connectivity index (χ1v) is 8.41. The molecule has 1 aromatic rings. The number of sulfone groups is 1. The van der Waals surface area contributed by atoms with Crippen molar-refractivity contribution in [3.63, 3.8) is 0 Å². The summed E-state index contributed by atoms with van der Waals surface area (Å²) < 4.78 is 36.2. The summed E-state index contributed by atoms with van der Waals surface area (Å²) in [5, 5.41) is 9.56. The van der Waals surface area contributed by atoms with E-state index in [-0.39, 0.29) is 12.6 Å². The van der Waals surface area contributed by atoms with Crippen LogP contribution < -0.4 is 0 Å². The van der Waals surface area contributed by atoms with Crippen LogP contribution >= 0.6 is 0 Å². The highest BCUT2D eigenvalue weighted by Gasteiger charge is 2.26. The molecular weight excluding hydrogens is 281 g/mol. The Labute approximate surface area is 120 Å². The maximum atomic E-state index is 13.1. The second kappa shape index (κ2) is 6.65. The van der Waals surface area contributed by atoms with Crippen molar-refractivity contribution in [3.05, 3.63) is 35.6 Å². The van der Waals surface area contributed by atoms with Gasteiger partial charge in [0.15, 0.2) is 9.84 Å². The van der Waals surface area contributed by atoms with Gasteiger partial charge in [-0.25, -0.2) is 12.8 Å². The number of rotatable bonds is 6. The summed E-state index contributed by atoms with van der Waals surface area (Å²) in [6.45, 7) is 3.68. The van der Waals surface area contributed by atoms with E-state index in [2.05, 4.69) is 0 Å². The van der Waals surface area contributed by atoms with E-state index in [0.717, 1.165) is 0 Å². The second-order valence-corrected chi connectivity index (χ2v) is 7.69. The SMILES string of the molecule is C[C@H]([C@H](C)S(C)(=O)=O)N(C)C[C@@H](O)c1cccc(F)c1. The molecule has 4 nitrogen and oxygen atoms in total. The molecule has 0 amide bonds. The Bertz CT molecular complexity index is 547. The van der Waals surface area contributed by atoms with Gasteiger partial charge in [0.2, 0.25) is 0 Å². The van der Waals surface area contributed by atoms with Gasteiger partial charge >= 0.3 is 0 Å².